The fraction of sp³-hybridized carbons (Fsp3) is 0.0714. The summed E-state index contributed by atoms with van der Waals surface area (Å²) < 4.78 is 0.612. The number of aliphatic hydroxyl groups excluding tert-OH is 1. The lowest BCUT2D eigenvalue weighted by Gasteiger charge is -2.23. The van der Waals surface area contributed by atoms with Crippen molar-refractivity contribution in [2.75, 3.05) is 4.90 Å². The standard InChI is InChI=1S/C28H20ClN3O4S2/c29-20-12-9-18(10-13-20)16-37-28-31-30-27(38-28)32-24(19-7-4-8-21(33)15-19)23(25(35)26(32)36)22(34)14-11-17-5-2-1-3-6-17/h1-15,24,33,35H,16H2. The second-order valence-electron chi connectivity index (χ2n) is 8.31. The molecular weight excluding hydrogens is 542 g/mol. The molecule has 0 saturated carbocycles. The highest BCUT2D eigenvalue weighted by molar-refractivity contribution is 8.00. The van der Waals surface area contributed by atoms with Crippen molar-refractivity contribution >= 4 is 57.6 Å². The van der Waals surface area contributed by atoms with Crippen LogP contribution in [0.4, 0.5) is 5.13 Å². The first kappa shape index (κ1) is 25.7. The number of nitrogens with zero attached hydrogens (tertiary/aromatic N) is 3. The number of carbonyl (C=O) groups excluding carboxylic acids is 2. The maximum atomic E-state index is 13.3. The summed E-state index contributed by atoms with van der Waals surface area (Å²) in [6, 6.07) is 21.9. The van der Waals surface area contributed by atoms with E-state index >= 15 is 0 Å². The largest absolute Gasteiger partial charge is 0.508 e. The lowest BCUT2D eigenvalue weighted by atomic mass is 9.95. The van der Waals surface area contributed by atoms with Gasteiger partial charge in [0.1, 0.15) is 5.75 Å². The van der Waals surface area contributed by atoms with Crippen molar-refractivity contribution in [3.8, 4) is 5.75 Å². The van der Waals surface area contributed by atoms with Crippen molar-refractivity contribution in [3.63, 3.8) is 0 Å². The highest BCUT2D eigenvalue weighted by atomic mass is 35.5. The van der Waals surface area contributed by atoms with Crippen LogP contribution in [-0.4, -0.2) is 32.1 Å². The predicted molar refractivity (Wildman–Crippen MR) is 149 cm³/mol. The quantitative estimate of drug-likeness (QED) is 0.146. The molecule has 1 aromatic heterocycles. The van der Waals surface area contributed by atoms with Gasteiger partial charge in [0, 0.05) is 10.8 Å². The Morgan fingerprint density at radius 2 is 1.79 bits per heavy atom. The van der Waals surface area contributed by atoms with Gasteiger partial charge in [-0.2, -0.15) is 0 Å². The fourth-order valence-corrected chi connectivity index (χ4v) is 5.92. The summed E-state index contributed by atoms with van der Waals surface area (Å²) in [5.41, 5.74) is 2.19. The number of ketones is 1. The van der Waals surface area contributed by atoms with Gasteiger partial charge in [0.15, 0.2) is 15.9 Å². The molecule has 0 fully saturated rings. The first-order chi connectivity index (χ1) is 18.4. The van der Waals surface area contributed by atoms with Crippen molar-refractivity contribution < 1.29 is 19.8 Å². The molecule has 190 valence electrons. The number of phenols is 1. The van der Waals surface area contributed by atoms with Crippen LogP contribution in [0.15, 0.2) is 101 Å². The average Bonchev–Trinajstić information content (AvgIpc) is 3.49. The Kier molecular flexibility index (Phi) is 7.59. The van der Waals surface area contributed by atoms with Gasteiger partial charge in [-0.15, -0.1) is 10.2 Å². The molecule has 2 heterocycles. The molecule has 3 aromatic carbocycles. The normalized spacial score (nSPS) is 15.6. The Balaban J connectivity index is 1.45. The number of aromatic hydroxyl groups is 1. The zero-order valence-electron chi connectivity index (χ0n) is 19.7. The zero-order valence-corrected chi connectivity index (χ0v) is 22.1. The topological polar surface area (TPSA) is 104 Å². The molecule has 0 radical (unpaired) electrons. The number of halogens is 1. The van der Waals surface area contributed by atoms with Crippen molar-refractivity contribution in [1.29, 1.82) is 0 Å². The first-order valence-electron chi connectivity index (χ1n) is 11.4. The maximum absolute atomic E-state index is 13.3. The minimum atomic E-state index is -0.996. The van der Waals surface area contributed by atoms with Crippen molar-refractivity contribution in [2.24, 2.45) is 0 Å². The van der Waals surface area contributed by atoms with Crippen LogP contribution in [0.25, 0.3) is 6.08 Å². The van der Waals surface area contributed by atoms with Crippen molar-refractivity contribution in [2.45, 2.75) is 16.1 Å². The van der Waals surface area contributed by atoms with Gasteiger partial charge in [-0.25, -0.2) is 0 Å². The summed E-state index contributed by atoms with van der Waals surface area (Å²) >= 11 is 8.57. The number of rotatable bonds is 8. The van der Waals surface area contributed by atoms with Crippen LogP contribution in [0, 0.1) is 0 Å². The van der Waals surface area contributed by atoms with Gasteiger partial charge in [-0.3, -0.25) is 14.5 Å². The van der Waals surface area contributed by atoms with Gasteiger partial charge in [-0.1, -0.05) is 95.4 Å². The van der Waals surface area contributed by atoms with E-state index in [1.807, 2.05) is 54.6 Å². The highest BCUT2D eigenvalue weighted by Gasteiger charge is 2.45. The Morgan fingerprint density at radius 3 is 2.53 bits per heavy atom. The fourth-order valence-electron chi connectivity index (χ4n) is 3.97. The molecule has 1 amide bonds. The Bertz CT molecular complexity index is 1550. The van der Waals surface area contributed by atoms with E-state index < -0.39 is 23.5 Å². The molecule has 4 aromatic rings. The number of thioether (sulfide) groups is 1. The molecule has 10 heteroatoms. The minimum absolute atomic E-state index is 0.0376. The molecule has 7 nitrogen and oxygen atoms in total. The Labute approximate surface area is 231 Å². The average molecular weight is 562 g/mol. The molecule has 0 saturated heterocycles. The summed E-state index contributed by atoms with van der Waals surface area (Å²) in [5.74, 6) is -1.37. The molecule has 1 aliphatic rings. The van der Waals surface area contributed by atoms with E-state index in [2.05, 4.69) is 10.2 Å². The zero-order chi connectivity index (χ0) is 26.6. The van der Waals surface area contributed by atoms with Crippen LogP contribution < -0.4 is 4.90 Å². The van der Waals surface area contributed by atoms with Gasteiger partial charge in [0.05, 0.1) is 11.6 Å². The van der Waals surface area contributed by atoms with Gasteiger partial charge < -0.3 is 10.2 Å². The maximum Gasteiger partial charge on any atom is 0.296 e. The van der Waals surface area contributed by atoms with E-state index in [0.717, 1.165) is 11.1 Å². The van der Waals surface area contributed by atoms with E-state index in [4.69, 9.17) is 11.6 Å². The van der Waals surface area contributed by atoms with E-state index in [0.29, 0.717) is 20.7 Å². The van der Waals surface area contributed by atoms with E-state index in [1.165, 1.54) is 46.2 Å². The minimum Gasteiger partial charge on any atom is -0.508 e. The van der Waals surface area contributed by atoms with E-state index in [1.54, 1.807) is 18.2 Å². The van der Waals surface area contributed by atoms with Crippen molar-refractivity contribution in [3.05, 3.63) is 118 Å². The molecular formula is C28H20ClN3O4S2. The third kappa shape index (κ3) is 5.50. The number of hydrogen-bond acceptors (Lipinski definition) is 8. The van der Waals surface area contributed by atoms with Crippen LogP contribution in [0.1, 0.15) is 22.7 Å². The monoisotopic (exact) mass is 561 g/mol. The summed E-state index contributed by atoms with van der Waals surface area (Å²) in [6.07, 6.45) is 2.94. The molecule has 1 aliphatic heterocycles. The molecule has 1 unspecified atom stereocenters. The van der Waals surface area contributed by atoms with E-state index in [9.17, 15) is 19.8 Å². The van der Waals surface area contributed by atoms with E-state index in [-0.39, 0.29) is 16.5 Å². The molecule has 0 aliphatic carbocycles. The number of anilines is 1. The number of amides is 1. The number of aromatic nitrogens is 2. The van der Waals surface area contributed by atoms with Crippen LogP contribution in [-0.2, 0) is 15.3 Å². The SMILES string of the molecule is O=C(C=Cc1ccccc1)C1=C(O)C(=O)N(c2nnc(SCc3ccc(Cl)cc3)s2)C1c1cccc(O)c1. The third-order valence-electron chi connectivity index (χ3n) is 5.76. The summed E-state index contributed by atoms with van der Waals surface area (Å²) in [5, 5.41) is 30.3. The predicted octanol–water partition coefficient (Wildman–Crippen LogP) is 6.37. The number of hydrogen-bond donors (Lipinski definition) is 2. The second-order valence-corrected chi connectivity index (χ2v) is 10.9. The number of allylic oxidation sites excluding steroid dienone is 1. The number of benzene rings is 3. The van der Waals surface area contributed by atoms with Crippen LogP contribution in [0.5, 0.6) is 5.75 Å². The van der Waals surface area contributed by atoms with Gasteiger partial charge in [0.2, 0.25) is 5.13 Å². The molecule has 38 heavy (non-hydrogen) atoms. The lowest BCUT2D eigenvalue weighted by Crippen LogP contribution is -2.30. The Hall–Kier alpha value is -3.92. The second kappa shape index (κ2) is 11.2. The van der Waals surface area contributed by atoms with Crippen molar-refractivity contribution in [1.82, 2.24) is 10.2 Å². The van der Waals surface area contributed by atoms with Crippen LogP contribution in [0.3, 0.4) is 0 Å². The summed E-state index contributed by atoms with van der Waals surface area (Å²) in [4.78, 5) is 27.8. The third-order valence-corrected chi connectivity index (χ3v) is 8.14. The van der Waals surface area contributed by atoms with Crippen LogP contribution >= 0.6 is 34.7 Å². The Morgan fingerprint density at radius 1 is 1.03 bits per heavy atom. The van der Waals surface area contributed by atoms with Gasteiger partial charge in [-0.05, 0) is 47.0 Å². The summed E-state index contributed by atoms with van der Waals surface area (Å²) in [6.45, 7) is 0. The molecule has 5 rings (SSSR count). The molecule has 1 atom stereocenters. The smallest absolute Gasteiger partial charge is 0.296 e. The van der Waals surface area contributed by atoms with Gasteiger partial charge >= 0.3 is 0 Å². The van der Waals surface area contributed by atoms with Gasteiger partial charge in [0.25, 0.3) is 5.91 Å². The highest BCUT2D eigenvalue weighted by Crippen LogP contribution is 2.43. The first-order valence-corrected chi connectivity index (χ1v) is 13.6. The number of phenolic OH excluding ortho intramolecular Hbond substituents is 1. The molecule has 0 bridgehead atoms. The molecule has 2 N–H and O–H groups in total. The summed E-state index contributed by atoms with van der Waals surface area (Å²) in [7, 11) is 0. The van der Waals surface area contributed by atoms with Crippen LogP contribution in [0.2, 0.25) is 5.02 Å². The number of aliphatic hydroxyl groups is 1. The number of carbonyl (C=O) groups is 2. The molecule has 0 spiro atoms. The lowest BCUT2D eigenvalue weighted by molar-refractivity contribution is -0.117.